The van der Waals surface area contributed by atoms with Crippen molar-refractivity contribution in [2.45, 2.75) is 63.4 Å². The molecule has 0 aromatic carbocycles. The molecule has 2 N–H and O–H groups in total. The molecule has 0 amide bonds. The van der Waals surface area contributed by atoms with Gasteiger partial charge in [-0.3, -0.25) is 4.18 Å². The number of aliphatic carboxylic acids is 2. The predicted molar refractivity (Wildman–Crippen MR) is 90.8 cm³/mol. The van der Waals surface area contributed by atoms with Crippen molar-refractivity contribution in [3.63, 3.8) is 0 Å². The second kappa shape index (κ2) is 8.47. The van der Waals surface area contributed by atoms with Crippen molar-refractivity contribution in [2.24, 2.45) is 5.14 Å². The molecule has 3 saturated heterocycles. The predicted octanol–water partition coefficient (Wildman–Crippen LogP) is -3.35. The minimum atomic E-state index is -4.14. The van der Waals surface area contributed by atoms with Crippen LogP contribution in [0.4, 0.5) is 0 Å². The van der Waals surface area contributed by atoms with Crippen molar-refractivity contribution < 1.29 is 56.1 Å². The van der Waals surface area contributed by atoms with Gasteiger partial charge in [0, 0.05) is 0 Å². The number of hydrogen-bond acceptors (Lipinski definition) is 12. The minimum absolute atomic E-state index is 0.165. The van der Waals surface area contributed by atoms with Gasteiger partial charge in [0.05, 0.1) is 18.5 Å². The summed E-state index contributed by atoms with van der Waals surface area (Å²) in [4.78, 5) is 18.8. The van der Waals surface area contributed by atoms with Crippen LogP contribution in [0.5, 0.6) is 0 Å². The van der Waals surface area contributed by atoms with Crippen molar-refractivity contribution in [3.05, 3.63) is 12.2 Å². The summed E-state index contributed by atoms with van der Waals surface area (Å²) in [5.41, 5.74) is 0. The number of ether oxygens (including phenoxy) is 5. The Morgan fingerprint density at radius 3 is 2.13 bits per heavy atom. The van der Waals surface area contributed by atoms with Crippen LogP contribution in [0.15, 0.2) is 12.2 Å². The summed E-state index contributed by atoms with van der Waals surface area (Å²) in [5, 5.41) is 23.7. The van der Waals surface area contributed by atoms with Crippen LogP contribution in [0.3, 0.4) is 0 Å². The number of hydrogen-bond donors (Lipinski definition) is 1. The molecule has 3 heterocycles. The molecule has 4 atom stereocenters. The van der Waals surface area contributed by atoms with Gasteiger partial charge in [-0.15, -0.1) is 0 Å². The Kier molecular flexibility index (Phi) is 6.95. The highest BCUT2D eigenvalue weighted by Crippen LogP contribution is 2.47. The Hall–Kier alpha value is -1.65. The first-order chi connectivity index (χ1) is 13.5. The van der Waals surface area contributed by atoms with Gasteiger partial charge in [-0.05, 0) is 39.8 Å². The second-order valence-corrected chi connectivity index (χ2v) is 8.75. The lowest BCUT2D eigenvalue weighted by Crippen LogP contribution is -2.60. The Labute approximate surface area is 172 Å². The molecule has 0 bridgehead atoms. The highest BCUT2D eigenvalue weighted by atomic mass is 32.2. The first-order valence-corrected chi connectivity index (χ1v) is 10.2. The zero-order valence-corrected chi connectivity index (χ0v) is 17.5. The summed E-state index contributed by atoms with van der Waals surface area (Å²) in [5.74, 6) is -6.28. The molecular formula is C16H23NO12S-2. The molecule has 0 aromatic rings. The Bertz CT molecular complexity index is 791. The van der Waals surface area contributed by atoms with E-state index in [1.165, 1.54) is 0 Å². The molecule has 172 valence electrons. The standard InChI is InChI=1S/C12H21NO8S.C4H4O4/c1-10(2)18-7-5-16-12(6-17-22(13,14)15)9(8(7)19-10)20-11(3,4)21-12;5-3(6)1-2-4(7)8/h7-9H,5-6H2,1-4H3,(H2,13,14,15);1-2H,(H,5,6)(H,7,8)/p-2/b;2-1-/t7-,8-,9+,12+;/m1./s1. The van der Waals surface area contributed by atoms with E-state index < -0.39 is 58.4 Å². The highest BCUT2D eigenvalue weighted by molar-refractivity contribution is 7.84. The molecule has 0 aromatic heterocycles. The SMILES string of the molecule is CC1(C)O[C@@H]2[C@@H](CO[C@@]3(COS(N)(=O)=O)OC(C)(C)O[C@@H]23)O1.O=C([O-])/C=C\C(=O)[O-]. The number of carboxylic acid groups (broad SMARTS) is 2. The molecule has 3 aliphatic rings. The van der Waals surface area contributed by atoms with E-state index in [1.807, 2.05) is 0 Å². The highest BCUT2D eigenvalue weighted by Gasteiger charge is 2.65. The summed E-state index contributed by atoms with van der Waals surface area (Å²) in [6, 6.07) is 0. The first kappa shape index (κ1) is 24.6. The molecule has 3 fully saturated rings. The van der Waals surface area contributed by atoms with E-state index in [9.17, 15) is 28.2 Å². The first-order valence-electron chi connectivity index (χ1n) is 8.69. The van der Waals surface area contributed by atoms with Gasteiger partial charge in [-0.2, -0.15) is 8.42 Å². The summed E-state index contributed by atoms with van der Waals surface area (Å²) >= 11 is 0. The van der Waals surface area contributed by atoms with Gasteiger partial charge >= 0.3 is 10.3 Å². The zero-order chi connectivity index (χ0) is 23.0. The molecule has 3 aliphatic heterocycles. The maximum Gasteiger partial charge on any atom is 0.333 e. The quantitative estimate of drug-likeness (QED) is 0.407. The molecule has 30 heavy (non-hydrogen) atoms. The smallest absolute Gasteiger partial charge is 0.333 e. The fourth-order valence-electron chi connectivity index (χ4n) is 3.25. The van der Waals surface area contributed by atoms with Gasteiger partial charge in [0.1, 0.15) is 24.9 Å². The van der Waals surface area contributed by atoms with E-state index in [0.717, 1.165) is 0 Å². The van der Waals surface area contributed by atoms with Crippen LogP contribution >= 0.6 is 0 Å². The number of nitrogens with two attached hydrogens (primary N) is 1. The Morgan fingerprint density at radius 2 is 1.63 bits per heavy atom. The lowest BCUT2D eigenvalue weighted by atomic mass is 9.98. The van der Waals surface area contributed by atoms with Gasteiger partial charge in [-0.25, -0.2) is 5.14 Å². The van der Waals surface area contributed by atoms with Crippen LogP contribution in [0.2, 0.25) is 0 Å². The normalized spacial score (nSPS) is 34.0. The van der Waals surface area contributed by atoms with Crippen molar-refractivity contribution in [1.29, 1.82) is 0 Å². The molecule has 0 unspecified atom stereocenters. The minimum Gasteiger partial charge on any atom is -0.545 e. The third-order valence-electron chi connectivity index (χ3n) is 4.05. The number of rotatable bonds is 5. The summed E-state index contributed by atoms with van der Waals surface area (Å²) in [6.07, 6.45) is -0.732. The number of fused-ring (bicyclic) bond motifs is 3. The average molecular weight is 453 g/mol. The van der Waals surface area contributed by atoms with E-state index in [-0.39, 0.29) is 12.7 Å². The molecule has 0 aliphatic carbocycles. The molecule has 14 heteroatoms. The van der Waals surface area contributed by atoms with E-state index in [0.29, 0.717) is 12.2 Å². The number of carbonyl (C=O) groups is 2. The van der Waals surface area contributed by atoms with E-state index in [4.69, 9.17) is 33.0 Å². The fraction of sp³-hybridized carbons (Fsp3) is 0.750. The van der Waals surface area contributed by atoms with Crippen LogP contribution in [-0.4, -0.2) is 69.2 Å². The molecule has 13 nitrogen and oxygen atoms in total. The van der Waals surface area contributed by atoms with Crippen LogP contribution in [0.1, 0.15) is 27.7 Å². The molecular weight excluding hydrogens is 430 g/mol. The van der Waals surface area contributed by atoms with Crippen LogP contribution in [0, 0.1) is 0 Å². The third-order valence-corrected chi connectivity index (χ3v) is 4.50. The van der Waals surface area contributed by atoms with Crippen molar-refractivity contribution in [1.82, 2.24) is 0 Å². The maximum absolute atomic E-state index is 11.1. The largest absolute Gasteiger partial charge is 0.545 e. The second-order valence-electron chi connectivity index (χ2n) is 7.53. The topological polar surface area (TPSA) is 196 Å². The molecule has 3 rings (SSSR count). The third kappa shape index (κ3) is 6.42. The monoisotopic (exact) mass is 453 g/mol. The summed E-state index contributed by atoms with van der Waals surface area (Å²) in [6.45, 7) is 6.71. The lowest BCUT2D eigenvalue weighted by molar-refractivity contribution is -0.301. The number of carboxylic acids is 2. The van der Waals surface area contributed by atoms with Crippen LogP contribution < -0.4 is 15.4 Å². The van der Waals surface area contributed by atoms with Gasteiger partial charge in [0.2, 0.25) is 5.79 Å². The van der Waals surface area contributed by atoms with Crippen molar-refractivity contribution >= 4 is 22.2 Å². The summed E-state index contributed by atoms with van der Waals surface area (Å²) < 4.78 is 55.9. The summed E-state index contributed by atoms with van der Waals surface area (Å²) in [7, 11) is -4.14. The van der Waals surface area contributed by atoms with E-state index >= 15 is 0 Å². The van der Waals surface area contributed by atoms with Crippen molar-refractivity contribution in [2.75, 3.05) is 13.2 Å². The Morgan fingerprint density at radius 1 is 1.07 bits per heavy atom. The van der Waals surface area contributed by atoms with Gasteiger partial charge in [0.25, 0.3) is 0 Å². The van der Waals surface area contributed by atoms with Crippen molar-refractivity contribution in [3.8, 4) is 0 Å². The zero-order valence-electron chi connectivity index (χ0n) is 16.7. The van der Waals surface area contributed by atoms with Gasteiger partial charge in [0.15, 0.2) is 11.6 Å². The molecule has 0 radical (unpaired) electrons. The van der Waals surface area contributed by atoms with Crippen LogP contribution in [0.25, 0.3) is 0 Å². The number of carbonyl (C=O) groups excluding carboxylic acids is 2. The fourth-order valence-corrected chi connectivity index (χ4v) is 3.58. The van der Waals surface area contributed by atoms with Crippen LogP contribution in [-0.2, 0) is 47.8 Å². The van der Waals surface area contributed by atoms with Gasteiger partial charge < -0.3 is 43.5 Å². The lowest BCUT2D eigenvalue weighted by Gasteiger charge is -2.40. The molecule has 0 saturated carbocycles. The molecule has 0 spiro atoms. The van der Waals surface area contributed by atoms with E-state index in [2.05, 4.69) is 0 Å². The average Bonchev–Trinajstić information content (AvgIpc) is 3.02. The van der Waals surface area contributed by atoms with E-state index in [1.54, 1.807) is 27.7 Å². The Balaban J connectivity index is 0.000000343. The maximum atomic E-state index is 11.1. The van der Waals surface area contributed by atoms with Gasteiger partial charge in [-0.1, -0.05) is 0 Å².